The summed E-state index contributed by atoms with van der Waals surface area (Å²) >= 11 is 0. The zero-order valence-corrected chi connectivity index (χ0v) is 23.1. The van der Waals surface area contributed by atoms with Gasteiger partial charge in [0.05, 0.1) is 22.8 Å². The zero-order chi connectivity index (χ0) is 27.6. The van der Waals surface area contributed by atoms with E-state index in [0.717, 1.165) is 0 Å². The number of benzene rings is 6. The summed E-state index contributed by atoms with van der Waals surface area (Å²) in [4.78, 5) is 2.56. The summed E-state index contributed by atoms with van der Waals surface area (Å²) in [5.41, 5.74) is 10.1. The lowest BCUT2D eigenvalue weighted by molar-refractivity contribution is 0.745. The van der Waals surface area contributed by atoms with Gasteiger partial charge in [-0.1, -0.05) is 121 Å². The SMILES string of the molecule is C1=CC2c3ccc4c(c3N(c3ccccc3)C2C=C1)c1ccccc1n4-c1ccc(-c2cccc3ccccc23)cc1. The summed E-state index contributed by atoms with van der Waals surface area (Å²) < 4.78 is 2.44. The smallest absolute Gasteiger partial charge is 0.0629 e. The van der Waals surface area contributed by atoms with Gasteiger partial charge < -0.3 is 9.47 Å². The van der Waals surface area contributed by atoms with Gasteiger partial charge in [0.25, 0.3) is 0 Å². The maximum atomic E-state index is 2.56. The van der Waals surface area contributed by atoms with Gasteiger partial charge in [0.1, 0.15) is 0 Å². The Bertz CT molecular complexity index is 2190. The molecule has 2 unspecified atom stereocenters. The first-order valence-corrected chi connectivity index (χ1v) is 14.7. The third kappa shape index (κ3) is 3.33. The highest BCUT2D eigenvalue weighted by Crippen LogP contribution is 2.52. The summed E-state index contributed by atoms with van der Waals surface area (Å²) in [6.45, 7) is 0. The molecule has 0 fully saturated rings. The van der Waals surface area contributed by atoms with Crippen molar-refractivity contribution in [3.8, 4) is 16.8 Å². The molecular weight excluding hydrogens is 508 g/mol. The Morgan fingerprint density at radius 1 is 0.500 bits per heavy atom. The number of para-hydroxylation sites is 2. The van der Waals surface area contributed by atoms with Crippen LogP contribution in [0.4, 0.5) is 11.4 Å². The molecule has 0 saturated carbocycles. The molecule has 6 aromatic carbocycles. The van der Waals surface area contributed by atoms with Crippen LogP contribution in [0.25, 0.3) is 49.4 Å². The van der Waals surface area contributed by atoms with Gasteiger partial charge in [0, 0.05) is 28.1 Å². The number of aromatic nitrogens is 1. The molecule has 2 heterocycles. The van der Waals surface area contributed by atoms with E-state index in [2.05, 4.69) is 167 Å². The van der Waals surface area contributed by atoms with Crippen LogP contribution >= 0.6 is 0 Å². The Balaban J connectivity index is 1.27. The summed E-state index contributed by atoms with van der Waals surface area (Å²) in [6, 6.07) is 49.0. The van der Waals surface area contributed by atoms with E-state index in [0.29, 0.717) is 5.92 Å². The lowest BCUT2D eigenvalue weighted by atomic mass is 9.91. The molecule has 198 valence electrons. The van der Waals surface area contributed by atoms with E-state index < -0.39 is 0 Å². The van der Waals surface area contributed by atoms with Gasteiger partial charge >= 0.3 is 0 Å². The average Bonchev–Trinajstić information content (AvgIpc) is 3.58. The molecule has 42 heavy (non-hydrogen) atoms. The minimum Gasteiger partial charge on any atom is -0.333 e. The van der Waals surface area contributed by atoms with Crippen molar-refractivity contribution in [2.75, 3.05) is 4.90 Å². The molecule has 2 aliphatic rings. The standard InChI is InChI=1S/C40H28N2/c1-2-13-29(14-3-1)42-36-19-8-6-16-33(36)34-25-26-38-39(40(34)42)35-17-7-9-20-37(35)41(38)30-23-21-28(22-24-30)32-18-10-12-27-11-4-5-15-31(27)32/h1-26,33,36H. The fourth-order valence-electron chi connectivity index (χ4n) is 7.30. The van der Waals surface area contributed by atoms with Gasteiger partial charge in [-0.3, -0.25) is 0 Å². The van der Waals surface area contributed by atoms with Crippen molar-refractivity contribution in [2.45, 2.75) is 12.0 Å². The molecule has 0 saturated heterocycles. The quantitative estimate of drug-likeness (QED) is 0.218. The molecule has 0 N–H and O–H groups in total. The number of rotatable bonds is 3. The molecule has 0 spiro atoms. The number of hydrogen-bond donors (Lipinski definition) is 0. The van der Waals surface area contributed by atoms with Crippen LogP contribution in [0.15, 0.2) is 158 Å². The van der Waals surface area contributed by atoms with Crippen molar-refractivity contribution >= 4 is 44.0 Å². The van der Waals surface area contributed by atoms with E-state index in [1.165, 1.54) is 66.3 Å². The first kappa shape index (κ1) is 23.4. The van der Waals surface area contributed by atoms with Gasteiger partial charge in [-0.15, -0.1) is 0 Å². The van der Waals surface area contributed by atoms with E-state index in [4.69, 9.17) is 0 Å². The Hall–Kier alpha value is -5.34. The first-order valence-electron chi connectivity index (χ1n) is 14.7. The monoisotopic (exact) mass is 536 g/mol. The number of allylic oxidation sites excluding steroid dienone is 2. The highest BCUT2D eigenvalue weighted by Gasteiger charge is 2.39. The van der Waals surface area contributed by atoms with E-state index in [1.54, 1.807) is 0 Å². The largest absolute Gasteiger partial charge is 0.333 e. The van der Waals surface area contributed by atoms with Gasteiger partial charge in [-0.05, 0) is 63.9 Å². The summed E-state index contributed by atoms with van der Waals surface area (Å²) in [7, 11) is 0. The van der Waals surface area contributed by atoms with Crippen molar-refractivity contribution in [1.29, 1.82) is 0 Å². The molecule has 2 heteroatoms. The van der Waals surface area contributed by atoms with Crippen molar-refractivity contribution in [2.24, 2.45) is 0 Å². The number of hydrogen-bond acceptors (Lipinski definition) is 1. The van der Waals surface area contributed by atoms with Crippen molar-refractivity contribution in [3.63, 3.8) is 0 Å². The van der Waals surface area contributed by atoms with Crippen LogP contribution in [0.3, 0.4) is 0 Å². The zero-order valence-electron chi connectivity index (χ0n) is 23.1. The molecular formula is C40H28N2. The van der Waals surface area contributed by atoms with Gasteiger partial charge in [0.15, 0.2) is 0 Å². The molecule has 0 radical (unpaired) electrons. The van der Waals surface area contributed by atoms with Crippen LogP contribution in [0.5, 0.6) is 0 Å². The predicted molar refractivity (Wildman–Crippen MR) is 177 cm³/mol. The summed E-state index contributed by atoms with van der Waals surface area (Å²) in [5.74, 6) is 0.330. The summed E-state index contributed by atoms with van der Waals surface area (Å²) in [5, 5.41) is 5.16. The fourth-order valence-corrected chi connectivity index (χ4v) is 7.30. The lowest BCUT2D eigenvalue weighted by Crippen LogP contribution is -2.28. The number of anilines is 2. The first-order chi connectivity index (χ1) is 20.9. The van der Waals surface area contributed by atoms with Crippen LogP contribution < -0.4 is 4.90 Å². The second-order valence-corrected chi connectivity index (χ2v) is 11.3. The maximum Gasteiger partial charge on any atom is 0.0629 e. The third-order valence-corrected chi connectivity index (χ3v) is 9.11. The molecule has 1 aliphatic heterocycles. The van der Waals surface area contributed by atoms with Gasteiger partial charge in [0.2, 0.25) is 0 Å². The number of fused-ring (bicyclic) bond motifs is 8. The second-order valence-electron chi connectivity index (χ2n) is 11.3. The van der Waals surface area contributed by atoms with E-state index in [9.17, 15) is 0 Å². The number of nitrogens with zero attached hydrogens (tertiary/aromatic N) is 2. The minimum atomic E-state index is 0.264. The van der Waals surface area contributed by atoms with Crippen LogP contribution in [0, 0.1) is 0 Å². The highest BCUT2D eigenvalue weighted by molar-refractivity contribution is 6.17. The molecule has 0 amide bonds. The van der Waals surface area contributed by atoms with Crippen molar-refractivity contribution < 1.29 is 0 Å². The maximum absolute atomic E-state index is 2.56. The normalized spacial score (nSPS) is 17.3. The van der Waals surface area contributed by atoms with E-state index in [-0.39, 0.29) is 6.04 Å². The topological polar surface area (TPSA) is 8.17 Å². The van der Waals surface area contributed by atoms with E-state index in [1.807, 2.05) is 0 Å². The average molecular weight is 537 g/mol. The predicted octanol–water partition coefficient (Wildman–Crippen LogP) is 10.3. The molecule has 7 aromatic rings. The van der Waals surface area contributed by atoms with E-state index >= 15 is 0 Å². The van der Waals surface area contributed by atoms with Gasteiger partial charge in [-0.25, -0.2) is 0 Å². The molecule has 1 aromatic heterocycles. The summed E-state index contributed by atoms with van der Waals surface area (Å²) in [6.07, 6.45) is 9.11. The molecule has 9 rings (SSSR count). The Labute approximate surface area is 245 Å². The van der Waals surface area contributed by atoms with Crippen molar-refractivity contribution in [3.05, 3.63) is 163 Å². The fraction of sp³-hybridized carbons (Fsp3) is 0.0500. The van der Waals surface area contributed by atoms with Crippen LogP contribution in [-0.4, -0.2) is 10.6 Å². The van der Waals surface area contributed by atoms with Gasteiger partial charge in [-0.2, -0.15) is 0 Å². The van der Waals surface area contributed by atoms with Crippen LogP contribution in [0.2, 0.25) is 0 Å². The van der Waals surface area contributed by atoms with Crippen LogP contribution in [-0.2, 0) is 0 Å². The molecule has 2 nitrogen and oxygen atoms in total. The highest BCUT2D eigenvalue weighted by atomic mass is 15.2. The molecule has 0 bridgehead atoms. The minimum absolute atomic E-state index is 0.264. The Morgan fingerprint density at radius 2 is 1.24 bits per heavy atom. The van der Waals surface area contributed by atoms with Crippen LogP contribution in [0.1, 0.15) is 11.5 Å². The Kier molecular flexibility index (Phi) is 5.06. The molecule has 1 aliphatic carbocycles. The second kappa shape index (κ2) is 9.09. The van der Waals surface area contributed by atoms with Crippen molar-refractivity contribution in [1.82, 2.24) is 4.57 Å². The molecule has 2 atom stereocenters. The lowest BCUT2D eigenvalue weighted by Gasteiger charge is -2.29. The third-order valence-electron chi connectivity index (χ3n) is 9.11. The Morgan fingerprint density at radius 3 is 2.12 bits per heavy atom.